The monoisotopic (exact) mass is 394 g/mol. The Morgan fingerprint density at radius 3 is 2.43 bits per heavy atom. The molecule has 28 heavy (non-hydrogen) atoms. The number of likely N-dealkylation sites (N-methyl/N-ethyl adjacent to an activating group) is 1. The molecule has 0 aliphatic heterocycles. The zero-order valence-corrected chi connectivity index (χ0v) is 15.8. The minimum atomic E-state index is -4.59. The molecule has 0 bridgehead atoms. The number of rotatable bonds is 6. The number of methoxy groups -OCH3 is 1. The van der Waals surface area contributed by atoms with Gasteiger partial charge < -0.3 is 15.0 Å². The number of halogens is 3. The van der Waals surface area contributed by atoms with Crippen molar-refractivity contribution >= 4 is 17.5 Å². The van der Waals surface area contributed by atoms with Crippen molar-refractivity contribution in [1.29, 1.82) is 0 Å². The molecule has 0 fully saturated rings. The molecule has 150 valence electrons. The van der Waals surface area contributed by atoms with Gasteiger partial charge in [-0.05, 0) is 43.7 Å². The summed E-state index contributed by atoms with van der Waals surface area (Å²) in [6.07, 6.45) is -4.59. The third-order valence-corrected chi connectivity index (χ3v) is 4.16. The Morgan fingerprint density at radius 1 is 1.14 bits per heavy atom. The normalized spacial score (nSPS) is 11.1. The summed E-state index contributed by atoms with van der Waals surface area (Å²) in [6, 6.07) is 9.59. The van der Waals surface area contributed by atoms with Gasteiger partial charge in [0.15, 0.2) is 0 Å². The summed E-state index contributed by atoms with van der Waals surface area (Å²) in [5.74, 6) is -0.600. The molecule has 2 rings (SSSR count). The number of nitrogens with zero attached hydrogens (tertiary/aromatic N) is 1. The molecule has 0 spiro atoms. The lowest BCUT2D eigenvalue weighted by molar-refractivity contribution is -0.137. The van der Waals surface area contributed by atoms with Crippen LogP contribution in [0.5, 0.6) is 5.75 Å². The first-order chi connectivity index (χ1) is 13.2. The average molecular weight is 394 g/mol. The smallest absolute Gasteiger partial charge is 0.418 e. The van der Waals surface area contributed by atoms with Gasteiger partial charge >= 0.3 is 6.18 Å². The molecule has 0 aromatic heterocycles. The van der Waals surface area contributed by atoms with Crippen LogP contribution >= 0.6 is 0 Å². The Bertz CT molecular complexity index is 866. The summed E-state index contributed by atoms with van der Waals surface area (Å²) in [6.45, 7) is 3.34. The van der Waals surface area contributed by atoms with Crippen LogP contribution in [0.4, 0.5) is 18.9 Å². The molecule has 0 unspecified atom stereocenters. The van der Waals surface area contributed by atoms with Crippen molar-refractivity contribution in [1.82, 2.24) is 4.90 Å². The van der Waals surface area contributed by atoms with Crippen LogP contribution < -0.4 is 10.1 Å². The second kappa shape index (κ2) is 8.77. The Morgan fingerprint density at radius 2 is 1.82 bits per heavy atom. The van der Waals surface area contributed by atoms with E-state index in [0.717, 1.165) is 11.6 Å². The fourth-order valence-corrected chi connectivity index (χ4v) is 2.67. The Balaban J connectivity index is 2.15. The zero-order valence-electron chi connectivity index (χ0n) is 15.8. The highest BCUT2D eigenvalue weighted by Crippen LogP contribution is 2.34. The molecule has 0 radical (unpaired) electrons. The van der Waals surface area contributed by atoms with Crippen LogP contribution in [0, 0.1) is 6.92 Å². The molecule has 2 aromatic rings. The molecule has 8 heteroatoms. The maximum absolute atomic E-state index is 13.1. The average Bonchev–Trinajstić information content (AvgIpc) is 2.65. The highest BCUT2D eigenvalue weighted by atomic mass is 19.4. The number of anilines is 1. The Hall–Kier alpha value is -3.03. The van der Waals surface area contributed by atoms with E-state index in [-0.39, 0.29) is 18.8 Å². The minimum Gasteiger partial charge on any atom is -0.496 e. The highest BCUT2D eigenvalue weighted by molar-refractivity contribution is 5.99. The van der Waals surface area contributed by atoms with E-state index in [1.54, 1.807) is 25.1 Å². The van der Waals surface area contributed by atoms with Crippen LogP contribution in [0.3, 0.4) is 0 Å². The van der Waals surface area contributed by atoms with Crippen molar-refractivity contribution in [3.05, 3.63) is 59.2 Å². The third kappa shape index (κ3) is 5.03. The molecule has 1 N–H and O–H groups in total. The SMILES string of the molecule is CCN(CC(=O)Nc1ccccc1C(F)(F)F)C(=O)c1ccc(C)c(OC)c1. The number of carbonyl (C=O) groups is 2. The number of amides is 2. The van der Waals surface area contributed by atoms with E-state index in [4.69, 9.17) is 4.74 Å². The van der Waals surface area contributed by atoms with Crippen molar-refractivity contribution in [3.63, 3.8) is 0 Å². The van der Waals surface area contributed by atoms with Crippen LogP contribution in [-0.2, 0) is 11.0 Å². The third-order valence-electron chi connectivity index (χ3n) is 4.16. The molecule has 0 saturated carbocycles. The van der Waals surface area contributed by atoms with Gasteiger partial charge in [-0.2, -0.15) is 13.2 Å². The van der Waals surface area contributed by atoms with Gasteiger partial charge in [-0.15, -0.1) is 0 Å². The molecule has 0 heterocycles. The number of hydrogen-bond acceptors (Lipinski definition) is 3. The summed E-state index contributed by atoms with van der Waals surface area (Å²) >= 11 is 0. The summed E-state index contributed by atoms with van der Waals surface area (Å²) < 4.78 is 44.4. The van der Waals surface area contributed by atoms with Crippen molar-refractivity contribution in [2.75, 3.05) is 25.5 Å². The topological polar surface area (TPSA) is 58.6 Å². The lowest BCUT2D eigenvalue weighted by atomic mass is 10.1. The molecule has 0 aliphatic rings. The lowest BCUT2D eigenvalue weighted by Gasteiger charge is -2.21. The van der Waals surface area contributed by atoms with E-state index in [1.165, 1.54) is 30.2 Å². The molecular weight excluding hydrogens is 373 g/mol. The zero-order chi connectivity index (χ0) is 20.9. The lowest BCUT2D eigenvalue weighted by Crippen LogP contribution is -2.38. The maximum atomic E-state index is 13.1. The number of carbonyl (C=O) groups excluding carboxylic acids is 2. The van der Waals surface area contributed by atoms with Gasteiger partial charge in [0.25, 0.3) is 5.91 Å². The van der Waals surface area contributed by atoms with Crippen LogP contribution in [0.15, 0.2) is 42.5 Å². The van der Waals surface area contributed by atoms with Gasteiger partial charge in [-0.1, -0.05) is 18.2 Å². The first kappa shape index (κ1) is 21.3. The quantitative estimate of drug-likeness (QED) is 0.802. The highest BCUT2D eigenvalue weighted by Gasteiger charge is 2.33. The maximum Gasteiger partial charge on any atom is 0.418 e. The predicted molar refractivity (Wildman–Crippen MR) is 99.4 cm³/mol. The van der Waals surface area contributed by atoms with Gasteiger partial charge in [-0.3, -0.25) is 9.59 Å². The van der Waals surface area contributed by atoms with E-state index >= 15 is 0 Å². The van der Waals surface area contributed by atoms with Crippen molar-refractivity contribution in [2.24, 2.45) is 0 Å². The van der Waals surface area contributed by atoms with Gasteiger partial charge in [0.05, 0.1) is 18.4 Å². The molecule has 5 nitrogen and oxygen atoms in total. The van der Waals surface area contributed by atoms with Crippen LogP contribution in [0.2, 0.25) is 0 Å². The summed E-state index contributed by atoms with van der Waals surface area (Å²) in [7, 11) is 1.49. The molecule has 2 aromatic carbocycles. The predicted octanol–water partition coefficient (Wildman–Crippen LogP) is 4.12. The molecule has 0 atom stereocenters. The number of benzene rings is 2. The Labute approximate surface area is 161 Å². The molecule has 2 amide bonds. The van der Waals surface area contributed by atoms with Gasteiger partial charge in [0.1, 0.15) is 12.3 Å². The Kier molecular flexibility index (Phi) is 6.66. The second-order valence-corrected chi connectivity index (χ2v) is 6.10. The number of aryl methyl sites for hydroxylation is 1. The van der Waals surface area contributed by atoms with E-state index in [9.17, 15) is 22.8 Å². The van der Waals surface area contributed by atoms with Gasteiger partial charge in [0, 0.05) is 12.1 Å². The first-order valence-corrected chi connectivity index (χ1v) is 8.57. The molecule has 0 aliphatic carbocycles. The summed E-state index contributed by atoms with van der Waals surface area (Å²) in [4.78, 5) is 26.2. The number of alkyl halides is 3. The number of para-hydroxylation sites is 1. The van der Waals surface area contributed by atoms with E-state index in [1.807, 2.05) is 6.92 Å². The number of hydrogen-bond donors (Lipinski definition) is 1. The first-order valence-electron chi connectivity index (χ1n) is 8.57. The van der Waals surface area contributed by atoms with Gasteiger partial charge in [0.2, 0.25) is 5.91 Å². The second-order valence-electron chi connectivity index (χ2n) is 6.10. The van der Waals surface area contributed by atoms with E-state index in [0.29, 0.717) is 11.3 Å². The van der Waals surface area contributed by atoms with E-state index < -0.39 is 23.6 Å². The molecular formula is C20H21F3N2O3. The number of nitrogens with one attached hydrogen (secondary N) is 1. The van der Waals surface area contributed by atoms with Gasteiger partial charge in [-0.25, -0.2) is 0 Å². The van der Waals surface area contributed by atoms with Crippen LogP contribution in [0.25, 0.3) is 0 Å². The summed E-state index contributed by atoms with van der Waals surface area (Å²) in [5.41, 5.74) is -0.113. The molecule has 0 saturated heterocycles. The summed E-state index contributed by atoms with van der Waals surface area (Å²) in [5, 5.41) is 2.24. The van der Waals surface area contributed by atoms with E-state index in [2.05, 4.69) is 5.32 Å². The van der Waals surface area contributed by atoms with Crippen LogP contribution in [0.1, 0.15) is 28.4 Å². The fraction of sp³-hybridized carbons (Fsp3) is 0.300. The fourth-order valence-electron chi connectivity index (χ4n) is 2.67. The van der Waals surface area contributed by atoms with Crippen molar-refractivity contribution in [2.45, 2.75) is 20.0 Å². The van der Waals surface area contributed by atoms with Crippen molar-refractivity contribution in [3.8, 4) is 5.75 Å². The minimum absolute atomic E-state index is 0.212. The standard InChI is InChI=1S/C20H21F3N2O3/c1-4-25(19(27)14-10-9-13(2)17(11-14)28-3)12-18(26)24-16-8-6-5-7-15(16)20(21,22)23/h5-11H,4,12H2,1-3H3,(H,24,26). The largest absolute Gasteiger partial charge is 0.496 e. The number of ether oxygens (including phenoxy) is 1. The van der Waals surface area contributed by atoms with Crippen LogP contribution in [-0.4, -0.2) is 36.9 Å². The van der Waals surface area contributed by atoms with Crippen molar-refractivity contribution < 1.29 is 27.5 Å².